The molecule has 2 aromatic carbocycles. The Morgan fingerprint density at radius 2 is 1.81 bits per heavy atom. The van der Waals surface area contributed by atoms with Crippen molar-refractivity contribution in [3.05, 3.63) is 53.3 Å². The fourth-order valence-corrected chi connectivity index (χ4v) is 2.24. The van der Waals surface area contributed by atoms with Crippen LogP contribution in [0, 0.1) is 12.7 Å². The lowest BCUT2D eigenvalue weighted by molar-refractivity contribution is 0.397. The van der Waals surface area contributed by atoms with Crippen LogP contribution >= 0.6 is 0 Å². The maximum Gasteiger partial charge on any atom is 0.125 e. The van der Waals surface area contributed by atoms with Gasteiger partial charge in [0.05, 0.1) is 20.3 Å². The van der Waals surface area contributed by atoms with Gasteiger partial charge in [0.2, 0.25) is 0 Å². The zero-order valence-electron chi connectivity index (χ0n) is 12.7. The van der Waals surface area contributed by atoms with Crippen LogP contribution in [0.25, 0.3) is 0 Å². The lowest BCUT2D eigenvalue weighted by Crippen LogP contribution is -2.09. The highest BCUT2D eigenvalue weighted by atomic mass is 19.1. The van der Waals surface area contributed by atoms with Gasteiger partial charge in [-0.05, 0) is 49.7 Å². The molecule has 0 saturated heterocycles. The molecule has 0 fully saturated rings. The van der Waals surface area contributed by atoms with Crippen molar-refractivity contribution in [1.82, 2.24) is 0 Å². The Balaban J connectivity index is 2.31. The first-order valence-corrected chi connectivity index (χ1v) is 6.79. The van der Waals surface area contributed by atoms with Gasteiger partial charge in [-0.2, -0.15) is 0 Å². The summed E-state index contributed by atoms with van der Waals surface area (Å²) in [5.74, 6) is 1.27. The summed E-state index contributed by atoms with van der Waals surface area (Å²) in [7, 11) is 3.26. The minimum absolute atomic E-state index is 0.0458. The quantitative estimate of drug-likeness (QED) is 0.889. The van der Waals surface area contributed by atoms with Crippen molar-refractivity contribution in [3.63, 3.8) is 0 Å². The predicted molar refractivity (Wildman–Crippen MR) is 82.7 cm³/mol. The number of aryl methyl sites for hydroxylation is 1. The third-order valence-electron chi connectivity index (χ3n) is 3.48. The van der Waals surface area contributed by atoms with Crippen LogP contribution in [0.3, 0.4) is 0 Å². The van der Waals surface area contributed by atoms with Crippen LogP contribution in [-0.2, 0) is 0 Å². The van der Waals surface area contributed by atoms with Crippen molar-refractivity contribution in [1.29, 1.82) is 0 Å². The average Bonchev–Trinajstić information content (AvgIpc) is 2.50. The molecule has 0 aromatic heterocycles. The summed E-state index contributed by atoms with van der Waals surface area (Å²) in [4.78, 5) is 0. The zero-order chi connectivity index (χ0) is 15.4. The first-order valence-electron chi connectivity index (χ1n) is 6.79. The first-order chi connectivity index (χ1) is 10.0. The molecule has 0 aliphatic rings. The molecule has 0 aliphatic heterocycles. The standard InChI is InChI=1S/C17H20FNO2/c1-11-5-6-13(18)9-16(11)19-12(2)15-10-14(20-3)7-8-17(15)21-4/h5-10,12,19H,1-4H3. The number of anilines is 1. The first kappa shape index (κ1) is 15.2. The highest BCUT2D eigenvalue weighted by molar-refractivity contribution is 5.54. The maximum absolute atomic E-state index is 13.4. The summed E-state index contributed by atoms with van der Waals surface area (Å²) < 4.78 is 24.0. The minimum Gasteiger partial charge on any atom is -0.497 e. The van der Waals surface area contributed by atoms with E-state index in [1.54, 1.807) is 20.3 Å². The molecule has 0 amide bonds. The number of halogens is 1. The molecule has 0 radical (unpaired) electrons. The summed E-state index contributed by atoms with van der Waals surface area (Å²) in [6.45, 7) is 3.94. The number of methoxy groups -OCH3 is 2. The Morgan fingerprint density at radius 1 is 1.05 bits per heavy atom. The molecule has 2 aromatic rings. The van der Waals surface area contributed by atoms with Gasteiger partial charge < -0.3 is 14.8 Å². The number of nitrogens with one attached hydrogen (secondary N) is 1. The molecule has 0 aliphatic carbocycles. The zero-order valence-corrected chi connectivity index (χ0v) is 12.7. The highest BCUT2D eigenvalue weighted by Crippen LogP contribution is 2.32. The Bertz CT molecular complexity index is 628. The Morgan fingerprint density at radius 3 is 2.48 bits per heavy atom. The lowest BCUT2D eigenvalue weighted by atomic mass is 10.1. The molecular formula is C17H20FNO2. The van der Waals surface area contributed by atoms with E-state index in [1.807, 2.05) is 32.0 Å². The van der Waals surface area contributed by atoms with Crippen molar-refractivity contribution in [2.45, 2.75) is 19.9 Å². The summed E-state index contributed by atoms with van der Waals surface area (Å²) in [5, 5.41) is 3.32. The van der Waals surface area contributed by atoms with Crippen LogP contribution in [0.4, 0.5) is 10.1 Å². The number of rotatable bonds is 5. The van der Waals surface area contributed by atoms with E-state index in [4.69, 9.17) is 9.47 Å². The van der Waals surface area contributed by atoms with Gasteiger partial charge in [0.1, 0.15) is 17.3 Å². The summed E-state index contributed by atoms with van der Waals surface area (Å²) in [6.07, 6.45) is 0. The van der Waals surface area contributed by atoms with Gasteiger partial charge >= 0.3 is 0 Å². The SMILES string of the molecule is COc1ccc(OC)c(C(C)Nc2cc(F)ccc2C)c1. The Kier molecular flexibility index (Phi) is 4.68. The van der Waals surface area contributed by atoms with E-state index >= 15 is 0 Å². The van der Waals surface area contributed by atoms with Gasteiger partial charge in [0.15, 0.2) is 0 Å². The lowest BCUT2D eigenvalue weighted by Gasteiger charge is -2.20. The largest absolute Gasteiger partial charge is 0.497 e. The van der Waals surface area contributed by atoms with E-state index in [1.165, 1.54) is 12.1 Å². The fraction of sp³-hybridized carbons (Fsp3) is 0.294. The summed E-state index contributed by atoms with van der Waals surface area (Å²) in [6, 6.07) is 10.3. The molecule has 3 nitrogen and oxygen atoms in total. The molecule has 0 bridgehead atoms. The van der Waals surface area contributed by atoms with Crippen molar-refractivity contribution in [3.8, 4) is 11.5 Å². The molecule has 1 N–H and O–H groups in total. The van der Waals surface area contributed by atoms with Gasteiger partial charge in [0, 0.05) is 11.3 Å². The van der Waals surface area contributed by atoms with Gasteiger partial charge in [0.25, 0.3) is 0 Å². The van der Waals surface area contributed by atoms with Crippen molar-refractivity contribution < 1.29 is 13.9 Å². The second kappa shape index (κ2) is 6.48. The van der Waals surface area contributed by atoms with Gasteiger partial charge in [-0.1, -0.05) is 6.07 Å². The van der Waals surface area contributed by atoms with Crippen molar-refractivity contribution in [2.24, 2.45) is 0 Å². The van der Waals surface area contributed by atoms with Crippen molar-refractivity contribution >= 4 is 5.69 Å². The smallest absolute Gasteiger partial charge is 0.125 e. The molecule has 112 valence electrons. The van der Waals surface area contributed by atoms with Crippen LogP contribution in [0.5, 0.6) is 11.5 Å². The van der Waals surface area contributed by atoms with E-state index < -0.39 is 0 Å². The number of hydrogen-bond donors (Lipinski definition) is 1. The molecule has 1 atom stereocenters. The van der Waals surface area contributed by atoms with Crippen molar-refractivity contribution in [2.75, 3.05) is 19.5 Å². The van der Waals surface area contributed by atoms with Gasteiger partial charge in [-0.3, -0.25) is 0 Å². The Hall–Kier alpha value is -2.23. The molecule has 4 heteroatoms. The van der Waals surface area contributed by atoms with Crippen LogP contribution < -0.4 is 14.8 Å². The average molecular weight is 289 g/mol. The second-order valence-corrected chi connectivity index (χ2v) is 4.93. The fourth-order valence-electron chi connectivity index (χ4n) is 2.24. The molecular weight excluding hydrogens is 269 g/mol. The van der Waals surface area contributed by atoms with E-state index in [0.717, 1.165) is 28.3 Å². The third kappa shape index (κ3) is 3.45. The number of ether oxygens (including phenoxy) is 2. The van der Waals surface area contributed by atoms with Gasteiger partial charge in [-0.15, -0.1) is 0 Å². The normalized spacial score (nSPS) is 11.9. The molecule has 2 rings (SSSR count). The van der Waals surface area contributed by atoms with E-state index in [0.29, 0.717) is 0 Å². The summed E-state index contributed by atoms with van der Waals surface area (Å²) >= 11 is 0. The second-order valence-electron chi connectivity index (χ2n) is 4.93. The molecule has 21 heavy (non-hydrogen) atoms. The minimum atomic E-state index is -0.257. The van der Waals surface area contributed by atoms with E-state index in [2.05, 4.69) is 5.32 Å². The topological polar surface area (TPSA) is 30.5 Å². The molecule has 0 saturated carbocycles. The third-order valence-corrected chi connectivity index (χ3v) is 3.48. The van der Waals surface area contributed by atoms with Crippen LogP contribution in [0.2, 0.25) is 0 Å². The highest BCUT2D eigenvalue weighted by Gasteiger charge is 2.14. The van der Waals surface area contributed by atoms with Gasteiger partial charge in [-0.25, -0.2) is 4.39 Å². The maximum atomic E-state index is 13.4. The Labute approximate surface area is 124 Å². The monoisotopic (exact) mass is 289 g/mol. The number of benzene rings is 2. The van der Waals surface area contributed by atoms with E-state index in [-0.39, 0.29) is 11.9 Å². The van der Waals surface area contributed by atoms with Crippen LogP contribution in [0.1, 0.15) is 24.1 Å². The summed E-state index contributed by atoms with van der Waals surface area (Å²) in [5.41, 5.74) is 2.72. The van der Waals surface area contributed by atoms with Crippen LogP contribution in [-0.4, -0.2) is 14.2 Å². The molecule has 1 unspecified atom stereocenters. The molecule has 0 heterocycles. The number of hydrogen-bond acceptors (Lipinski definition) is 3. The predicted octanol–water partition coefficient (Wildman–Crippen LogP) is 4.32. The van der Waals surface area contributed by atoms with Crippen LogP contribution in [0.15, 0.2) is 36.4 Å². The molecule has 0 spiro atoms. The van der Waals surface area contributed by atoms with E-state index in [9.17, 15) is 4.39 Å².